The van der Waals surface area contributed by atoms with Crippen molar-refractivity contribution in [3.8, 4) is 11.5 Å². The Kier molecular flexibility index (Phi) is 7.24. The molecule has 0 fully saturated rings. The van der Waals surface area contributed by atoms with Crippen molar-refractivity contribution in [1.82, 2.24) is 5.43 Å². The summed E-state index contributed by atoms with van der Waals surface area (Å²) in [5.41, 5.74) is 6.21. The molecular weight excluding hydrogens is 479 g/mol. The highest BCUT2D eigenvalue weighted by atomic mass is 127. The minimum Gasteiger partial charge on any atom is -0.496 e. The first kappa shape index (κ1) is 20.9. The summed E-state index contributed by atoms with van der Waals surface area (Å²) in [5, 5.41) is 4.02. The number of carbonyl (C=O) groups excluding carboxylic acids is 1. The van der Waals surface area contributed by atoms with Crippen molar-refractivity contribution < 1.29 is 14.3 Å². The number of carbonyl (C=O) groups is 1. The average molecular weight is 500 g/mol. The number of aryl methyl sites for hydroxylation is 1. The van der Waals surface area contributed by atoms with Crippen molar-refractivity contribution in [2.24, 2.45) is 5.10 Å². The number of methoxy groups -OCH3 is 1. The minimum absolute atomic E-state index is 0.297. The molecule has 1 N–H and O–H groups in total. The molecule has 3 aromatic rings. The number of hydrogen-bond acceptors (Lipinski definition) is 4. The molecule has 3 aromatic carbocycles. The number of amides is 1. The largest absolute Gasteiger partial charge is 0.496 e. The van der Waals surface area contributed by atoms with Crippen LogP contribution in [0.15, 0.2) is 71.8 Å². The predicted octanol–water partition coefficient (Wildman–Crippen LogP) is 4.95. The summed E-state index contributed by atoms with van der Waals surface area (Å²) in [6.07, 6.45) is 1.59. The fourth-order valence-corrected chi connectivity index (χ4v) is 3.09. The number of halogens is 1. The first-order chi connectivity index (χ1) is 14.0. The molecule has 0 aliphatic carbocycles. The van der Waals surface area contributed by atoms with Crippen LogP contribution in [0.5, 0.6) is 11.5 Å². The quantitative estimate of drug-likeness (QED) is 0.284. The lowest BCUT2D eigenvalue weighted by atomic mass is 10.2. The maximum absolute atomic E-state index is 12.2. The van der Waals surface area contributed by atoms with Gasteiger partial charge in [0.2, 0.25) is 0 Å². The van der Waals surface area contributed by atoms with Crippen LogP contribution in [0, 0.1) is 10.5 Å². The van der Waals surface area contributed by atoms with Crippen molar-refractivity contribution in [2.45, 2.75) is 13.5 Å². The van der Waals surface area contributed by atoms with Crippen LogP contribution in [0.1, 0.15) is 27.0 Å². The maximum atomic E-state index is 12.2. The molecule has 3 rings (SSSR count). The Labute approximate surface area is 183 Å². The van der Waals surface area contributed by atoms with E-state index in [0.717, 1.165) is 20.4 Å². The van der Waals surface area contributed by atoms with Gasteiger partial charge in [0, 0.05) is 5.56 Å². The van der Waals surface area contributed by atoms with Crippen LogP contribution in [0.2, 0.25) is 0 Å². The molecule has 0 spiro atoms. The van der Waals surface area contributed by atoms with Crippen LogP contribution < -0.4 is 14.9 Å². The molecule has 148 valence electrons. The summed E-state index contributed by atoms with van der Waals surface area (Å²) in [5.74, 6) is 1.13. The molecule has 0 atom stereocenters. The fourth-order valence-electron chi connectivity index (χ4n) is 2.53. The Morgan fingerprint density at radius 1 is 1.07 bits per heavy atom. The highest BCUT2D eigenvalue weighted by Gasteiger charge is 2.08. The summed E-state index contributed by atoms with van der Waals surface area (Å²) in [7, 11) is 1.57. The lowest BCUT2D eigenvalue weighted by Gasteiger charge is -2.07. The van der Waals surface area contributed by atoms with Crippen molar-refractivity contribution >= 4 is 34.7 Å². The third-order valence-corrected chi connectivity index (χ3v) is 5.09. The molecule has 0 saturated heterocycles. The van der Waals surface area contributed by atoms with Crippen LogP contribution in [0.4, 0.5) is 0 Å². The average Bonchev–Trinajstić information content (AvgIpc) is 2.74. The second kappa shape index (κ2) is 10.1. The molecule has 6 heteroatoms. The number of hydrogen-bond donors (Lipinski definition) is 1. The predicted molar refractivity (Wildman–Crippen MR) is 123 cm³/mol. The zero-order chi connectivity index (χ0) is 20.6. The summed E-state index contributed by atoms with van der Waals surface area (Å²) >= 11 is 2.15. The molecule has 5 nitrogen and oxygen atoms in total. The lowest BCUT2D eigenvalue weighted by Crippen LogP contribution is -2.17. The highest BCUT2D eigenvalue weighted by molar-refractivity contribution is 14.1. The summed E-state index contributed by atoms with van der Waals surface area (Å²) in [6, 6.07) is 21.0. The van der Waals surface area contributed by atoms with Crippen molar-refractivity contribution in [2.75, 3.05) is 7.11 Å². The van der Waals surface area contributed by atoms with Gasteiger partial charge in [-0.25, -0.2) is 5.43 Å². The number of hydrazone groups is 1. The van der Waals surface area contributed by atoms with Gasteiger partial charge in [-0.05, 0) is 83.1 Å². The first-order valence-corrected chi connectivity index (χ1v) is 10.1. The number of nitrogens with zero attached hydrogens (tertiary/aromatic N) is 1. The van der Waals surface area contributed by atoms with Gasteiger partial charge in [-0.15, -0.1) is 0 Å². The Morgan fingerprint density at radius 2 is 1.79 bits per heavy atom. The summed E-state index contributed by atoms with van der Waals surface area (Å²) in [6.45, 7) is 2.58. The summed E-state index contributed by atoms with van der Waals surface area (Å²) < 4.78 is 12.0. The zero-order valence-corrected chi connectivity index (χ0v) is 18.3. The van der Waals surface area contributed by atoms with E-state index in [4.69, 9.17) is 9.47 Å². The number of benzene rings is 3. The van der Waals surface area contributed by atoms with Gasteiger partial charge in [0.05, 0.1) is 16.9 Å². The van der Waals surface area contributed by atoms with Gasteiger partial charge >= 0.3 is 0 Å². The highest BCUT2D eigenvalue weighted by Crippen LogP contribution is 2.21. The molecule has 0 radical (unpaired) electrons. The molecule has 0 saturated carbocycles. The normalized spacial score (nSPS) is 10.7. The zero-order valence-electron chi connectivity index (χ0n) is 16.2. The van der Waals surface area contributed by atoms with E-state index in [1.807, 2.05) is 30.3 Å². The molecule has 0 heterocycles. The number of rotatable bonds is 7. The third-order valence-electron chi connectivity index (χ3n) is 4.20. The van der Waals surface area contributed by atoms with Crippen LogP contribution in [0.25, 0.3) is 0 Å². The fraction of sp³-hybridized carbons (Fsp3) is 0.130. The second-order valence-corrected chi connectivity index (χ2v) is 7.55. The Balaban J connectivity index is 1.53. The Hall–Kier alpha value is -2.87. The van der Waals surface area contributed by atoms with E-state index in [1.165, 1.54) is 5.56 Å². The van der Waals surface area contributed by atoms with E-state index in [2.05, 4.69) is 64.3 Å². The van der Waals surface area contributed by atoms with Crippen LogP contribution in [-0.2, 0) is 6.61 Å². The van der Waals surface area contributed by atoms with Crippen LogP contribution in [0.3, 0.4) is 0 Å². The van der Waals surface area contributed by atoms with E-state index in [9.17, 15) is 4.79 Å². The minimum atomic E-state index is -0.297. The van der Waals surface area contributed by atoms with Gasteiger partial charge in [-0.3, -0.25) is 4.79 Å². The van der Waals surface area contributed by atoms with Gasteiger partial charge in [0.1, 0.15) is 18.1 Å². The van der Waals surface area contributed by atoms with E-state index < -0.39 is 0 Å². The van der Waals surface area contributed by atoms with Gasteiger partial charge in [-0.2, -0.15) is 5.10 Å². The van der Waals surface area contributed by atoms with Gasteiger partial charge in [0.25, 0.3) is 5.91 Å². The summed E-state index contributed by atoms with van der Waals surface area (Å²) in [4.78, 5) is 12.2. The molecular formula is C23H21IN2O3. The third kappa shape index (κ3) is 6.05. The molecule has 0 unspecified atom stereocenters. The second-order valence-electron chi connectivity index (χ2n) is 6.39. The number of nitrogens with one attached hydrogen (secondary N) is 1. The molecule has 1 amide bonds. The SMILES string of the molecule is COc1cc(C(=O)N/N=C\c2ccc(OCc3ccc(C)cc3)cc2)ccc1I. The topological polar surface area (TPSA) is 59.9 Å². The molecule has 0 bridgehead atoms. The molecule has 0 aromatic heterocycles. The van der Waals surface area contributed by atoms with E-state index in [-0.39, 0.29) is 5.91 Å². The Bertz CT molecular complexity index is 1000. The number of ether oxygens (including phenoxy) is 2. The first-order valence-electron chi connectivity index (χ1n) is 9.00. The standard InChI is InChI=1S/C23H21IN2O3/c1-16-3-5-18(6-4-16)15-29-20-10-7-17(8-11-20)14-25-26-23(27)19-9-12-21(24)22(13-19)28-2/h3-14H,15H2,1-2H3,(H,26,27)/b25-14-. The van der Waals surface area contributed by atoms with E-state index in [0.29, 0.717) is 17.9 Å². The molecule has 0 aliphatic rings. The van der Waals surface area contributed by atoms with E-state index in [1.54, 1.807) is 25.5 Å². The van der Waals surface area contributed by atoms with Gasteiger partial charge in [-0.1, -0.05) is 29.8 Å². The van der Waals surface area contributed by atoms with Crippen LogP contribution >= 0.6 is 22.6 Å². The Morgan fingerprint density at radius 3 is 2.48 bits per heavy atom. The lowest BCUT2D eigenvalue weighted by molar-refractivity contribution is 0.0954. The van der Waals surface area contributed by atoms with Crippen molar-refractivity contribution in [1.29, 1.82) is 0 Å². The van der Waals surface area contributed by atoms with Gasteiger partial charge < -0.3 is 9.47 Å². The monoisotopic (exact) mass is 500 g/mol. The molecule has 0 aliphatic heterocycles. The van der Waals surface area contributed by atoms with Crippen molar-refractivity contribution in [3.05, 3.63) is 92.6 Å². The molecule has 29 heavy (non-hydrogen) atoms. The smallest absolute Gasteiger partial charge is 0.271 e. The van der Waals surface area contributed by atoms with Crippen LogP contribution in [-0.4, -0.2) is 19.2 Å². The van der Waals surface area contributed by atoms with Crippen molar-refractivity contribution in [3.63, 3.8) is 0 Å². The van der Waals surface area contributed by atoms with E-state index >= 15 is 0 Å². The maximum Gasteiger partial charge on any atom is 0.271 e. The van der Waals surface area contributed by atoms with Gasteiger partial charge in [0.15, 0.2) is 0 Å².